The zero-order valence-corrected chi connectivity index (χ0v) is 20.0. The van der Waals surface area contributed by atoms with E-state index in [1.165, 1.54) is 29.7 Å². The summed E-state index contributed by atoms with van der Waals surface area (Å²) < 4.78 is 0. The van der Waals surface area contributed by atoms with Gasteiger partial charge in [0.2, 0.25) is 0 Å². The number of carbonyl (C=O) groups excluding carboxylic acids is 2. The number of imide groups is 1. The minimum absolute atomic E-state index is 0.170. The summed E-state index contributed by atoms with van der Waals surface area (Å²) in [5, 5.41) is 0. The number of hydrogen-bond acceptors (Lipinski definition) is 3. The highest BCUT2D eigenvalue weighted by molar-refractivity contribution is 6.36. The number of hydrogen-bond donors (Lipinski definition) is 0. The summed E-state index contributed by atoms with van der Waals surface area (Å²) >= 11 is 0. The average molecular weight is 433 g/mol. The predicted molar refractivity (Wildman–Crippen MR) is 132 cm³/mol. The highest BCUT2D eigenvalue weighted by Crippen LogP contribution is 2.35. The Morgan fingerprint density at radius 1 is 0.781 bits per heavy atom. The van der Waals surface area contributed by atoms with Gasteiger partial charge in [-0.3, -0.25) is 14.5 Å². The number of carbonyl (C=O) groups is 2. The molecule has 0 aliphatic carbocycles. The second kappa shape index (κ2) is 11.1. The Hall–Kier alpha value is -2.88. The summed E-state index contributed by atoms with van der Waals surface area (Å²) in [5.74, 6) is -0.348. The van der Waals surface area contributed by atoms with Gasteiger partial charge in [-0.2, -0.15) is 0 Å². The zero-order valence-electron chi connectivity index (χ0n) is 20.0. The summed E-state index contributed by atoms with van der Waals surface area (Å²) in [5.41, 5.74) is 5.06. The zero-order chi connectivity index (χ0) is 23.1. The molecule has 0 N–H and O–H groups in total. The fraction of sp³-hybridized carbons (Fsp3) is 0.429. The van der Waals surface area contributed by atoms with Gasteiger partial charge in [-0.25, -0.2) is 0 Å². The number of rotatable bonds is 11. The largest absolute Gasteiger partial charge is 0.337 e. The van der Waals surface area contributed by atoms with E-state index in [4.69, 9.17) is 0 Å². The number of unbranched alkanes of at least 4 members (excludes halogenated alkanes) is 5. The molecule has 3 rings (SSSR count). The van der Waals surface area contributed by atoms with Gasteiger partial charge >= 0.3 is 0 Å². The Morgan fingerprint density at radius 3 is 2.12 bits per heavy atom. The first kappa shape index (κ1) is 23.8. The van der Waals surface area contributed by atoms with E-state index in [0.29, 0.717) is 24.4 Å². The molecule has 0 bridgehead atoms. The maximum Gasteiger partial charge on any atom is 0.278 e. The summed E-state index contributed by atoms with van der Waals surface area (Å²) in [6, 6.07) is 15.9. The van der Waals surface area contributed by atoms with Gasteiger partial charge in [0, 0.05) is 18.8 Å². The lowest BCUT2D eigenvalue weighted by Crippen LogP contribution is -2.36. The first-order chi connectivity index (χ1) is 15.5. The van der Waals surface area contributed by atoms with Crippen molar-refractivity contribution < 1.29 is 9.59 Å². The third kappa shape index (κ3) is 5.12. The first-order valence-electron chi connectivity index (χ1n) is 12.0. The average Bonchev–Trinajstić information content (AvgIpc) is 3.04. The molecule has 0 fully saturated rings. The maximum absolute atomic E-state index is 13.6. The Kier molecular flexibility index (Phi) is 8.26. The van der Waals surface area contributed by atoms with Crippen molar-refractivity contribution in [2.24, 2.45) is 0 Å². The standard InChI is InChI=1S/C28H36N2O2/c1-5-7-8-9-10-14-19-30-27(31)25(23-18-17-21(3)22(4)20-23)26(28(30)32)29(6-2)24-15-12-11-13-16-24/h11-13,15-18,20H,5-10,14,19H2,1-4H3. The molecule has 2 amide bonds. The fourth-order valence-corrected chi connectivity index (χ4v) is 4.30. The molecule has 1 aliphatic rings. The Labute approximate surface area is 192 Å². The van der Waals surface area contributed by atoms with Gasteiger partial charge in [0.1, 0.15) is 5.70 Å². The molecule has 1 aliphatic heterocycles. The Balaban J connectivity index is 1.95. The molecule has 0 saturated carbocycles. The Bertz CT molecular complexity index is 978. The van der Waals surface area contributed by atoms with Crippen LogP contribution >= 0.6 is 0 Å². The van der Waals surface area contributed by atoms with Crippen molar-refractivity contribution in [3.05, 3.63) is 70.9 Å². The number of likely N-dealkylation sites (N-methyl/N-ethyl adjacent to an activating group) is 1. The van der Waals surface area contributed by atoms with Crippen LogP contribution in [0.5, 0.6) is 0 Å². The molecule has 2 aromatic rings. The lowest BCUT2D eigenvalue weighted by molar-refractivity contribution is -0.137. The highest BCUT2D eigenvalue weighted by Gasteiger charge is 2.41. The number of para-hydroxylation sites is 1. The molecule has 4 heteroatoms. The number of nitrogens with zero attached hydrogens (tertiary/aromatic N) is 2. The van der Waals surface area contributed by atoms with Gasteiger partial charge < -0.3 is 4.90 Å². The van der Waals surface area contributed by atoms with E-state index >= 15 is 0 Å². The van der Waals surface area contributed by atoms with Crippen LogP contribution in [-0.2, 0) is 9.59 Å². The minimum Gasteiger partial charge on any atom is -0.337 e. The van der Waals surface area contributed by atoms with Crippen molar-refractivity contribution in [3.63, 3.8) is 0 Å². The van der Waals surface area contributed by atoms with Gasteiger partial charge in [0.15, 0.2) is 0 Å². The minimum atomic E-state index is -0.178. The van der Waals surface area contributed by atoms with Crippen LogP contribution in [0, 0.1) is 13.8 Å². The third-order valence-electron chi connectivity index (χ3n) is 6.33. The molecule has 0 unspecified atom stereocenters. The van der Waals surface area contributed by atoms with E-state index in [-0.39, 0.29) is 11.8 Å². The second-order valence-corrected chi connectivity index (χ2v) is 8.63. The van der Waals surface area contributed by atoms with Gasteiger partial charge in [-0.05, 0) is 56.0 Å². The summed E-state index contributed by atoms with van der Waals surface area (Å²) in [7, 11) is 0. The number of amides is 2. The number of anilines is 1. The van der Waals surface area contributed by atoms with Crippen molar-refractivity contribution in [1.29, 1.82) is 0 Å². The van der Waals surface area contributed by atoms with E-state index in [2.05, 4.69) is 13.8 Å². The lowest BCUT2D eigenvalue weighted by Gasteiger charge is -2.25. The van der Waals surface area contributed by atoms with Gasteiger partial charge in [0.25, 0.3) is 11.8 Å². The van der Waals surface area contributed by atoms with Crippen molar-refractivity contribution >= 4 is 23.1 Å². The molecule has 32 heavy (non-hydrogen) atoms. The quantitative estimate of drug-likeness (QED) is 0.310. The molecule has 2 aromatic carbocycles. The molecule has 0 aromatic heterocycles. The van der Waals surface area contributed by atoms with Crippen LogP contribution < -0.4 is 4.90 Å². The normalized spacial score (nSPS) is 13.9. The van der Waals surface area contributed by atoms with Crippen molar-refractivity contribution in [3.8, 4) is 0 Å². The van der Waals surface area contributed by atoms with Crippen LogP contribution in [0.3, 0.4) is 0 Å². The van der Waals surface area contributed by atoms with Gasteiger partial charge in [-0.1, -0.05) is 75.4 Å². The SMILES string of the molecule is CCCCCCCCN1C(=O)C(c2ccc(C)c(C)c2)=C(N(CC)c2ccccc2)C1=O. The van der Waals surface area contributed by atoms with Crippen LogP contribution in [-0.4, -0.2) is 29.8 Å². The highest BCUT2D eigenvalue weighted by atomic mass is 16.2. The predicted octanol–water partition coefficient (Wildman–Crippen LogP) is 6.27. The lowest BCUT2D eigenvalue weighted by atomic mass is 9.99. The molecular weight excluding hydrogens is 396 g/mol. The van der Waals surface area contributed by atoms with Gasteiger partial charge in [0.05, 0.1) is 5.57 Å². The van der Waals surface area contributed by atoms with Crippen molar-refractivity contribution in [2.75, 3.05) is 18.0 Å². The summed E-state index contributed by atoms with van der Waals surface area (Å²) in [6.07, 6.45) is 6.72. The topological polar surface area (TPSA) is 40.6 Å². The van der Waals surface area contributed by atoms with E-state index in [9.17, 15) is 9.59 Å². The summed E-state index contributed by atoms with van der Waals surface area (Å²) in [4.78, 5) is 30.6. The number of benzene rings is 2. The second-order valence-electron chi connectivity index (χ2n) is 8.63. The molecular formula is C28H36N2O2. The molecule has 0 atom stereocenters. The smallest absolute Gasteiger partial charge is 0.278 e. The Morgan fingerprint density at radius 2 is 1.47 bits per heavy atom. The molecule has 170 valence electrons. The van der Waals surface area contributed by atoms with Crippen LogP contribution in [0.15, 0.2) is 54.2 Å². The first-order valence-corrected chi connectivity index (χ1v) is 12.0. The molecule has 0 saturated heterocycles. The van der Waals surface area contributed by atoms with Crippen LogP contribution in [0.1, 0.15) is 69.1 Å². The van der Waals surface area contributed by atoms with Crippen LogP contribution in [0.25, 0.3) is 5.57 Å². The maximum atomic E-state index is 13.6. The molecule has 0 radical (unpaired) electrons. The fourth-order valence-electron chi connectivity index (χ4n) is 4.30. The third-order valence-corrected chi connectivity index (χ3v) is 6.33. The molecule has 4 nitrogen and oxygen atoms in total. The molecule has 1 heterocycles. The van der Waals surface area contributed by atoms with Crippen LogP contribution in [0.2, 0.25) is 0 Å². The van der Waals surface area contributed by atoms with E-state index in [1.807, 2.05) is 67.3 Å². The van der Waals surface area contributed by atoms with E-state index in [0.717, 1.165) is 36.1 Å². The van der Waals surface area contributed by atoms with Crippen molar-refractivity contribution in [2.45, 2.75) is 66.2 Å². The van der Waals surface area contributed by atoms with Gasteiger partial charge in [-0.15, -0.1) is 0 Å². The van der Waals surface area contributed by atoms with Crippen molar-refractivity contribution in [1.82, 2.24) is 4.90 Å². The monoisotopic (exact) mass is 432 g/mol. The summed E-state index contributed by atoms with van der Waals surface area (Å²) in [6.45, 7) is 9.42. The number of aryl methyl sites for hydroxylation is 2. The van der Waals surface area contributed by atoms with E-state index < -0.39 is 0 Å². The van der Waals surface area contributed by atoms with Crippen LogP contribution in [0.4, 0.5) is 5.69 Å². The van der Waals surface area contributed by atoms with E-state index in [1.54, 1.807) is 0 Å². The molecule has 0 spiro atoms.